The number of carbonyl (C=O) groups excluding carboxylic acids is 1. The van der Waals surface area contributed by atoms with Crippen LogP contribution in [-0.4, -0.2) is 23.9 Å². The van der Waals surface area contributed by atoms with Crippen LogP contribution in [-0.2, 0) is 4.79 Å². The number of rotatable bonds is 11. The first-order valence-corrected chi connectivity index (χ1v) is 7.55. The Morgan fingerprint density at radius 1 is 1.21 bits per heavy atom. The number of amides is 1. The molecule has 0 radical (unpaired) electrons. The Bertz CT molecular complexity index is 285. The summed E-state index contributed by atoms with van der Waals surface area (Å²) in [5.74, 6) is 0.00753. The molecule has 0 heterocycles. The molecule has 1 amide bonds. The van der Waals surface area contributed by atoms with Crippen molar-refractivity contribution in [2.75, 3.05) is 13.1 Å². The number of hydrogen-bond acceptors (Lipinski definition) is 1. The van der Waals surface area contributed by atoms with Gasteiger partial charge in [0, 0.05) is 13.1 Å². The van der Waals surface area contributed by atoms with Gasteiger partial charge in [0.1, 0.15) is 0 Å². The highest BCUT2D eigenvalue weighted by atomic mass is 16.2. The van der Waals surface area contributed by atoms with Gasteiger partial charge in [-0.05, 0) is 24.3 Å². The van der Waals surface area contributed by atoms with Gasteiger partial charge >= 0.3 is 0 Å². The van der Waals surface area contributed by atoms with Crippen LogP contribution in [0.25, 0.3) is 0 Å². The molecule has 0 saturated carbocycles. The van der Waals surface area contributed by atoms with Gasteiger partial charge in [0.05, 0.1) is 0 Å². The minimum absolute atomic E-state index is 0.00753. The zero-order valence-corrected chi connectivity index (χ0v) is 13.1. The van der Waals surface area contributed by atoms with E-state index in [1.807, 2.05) is 4.90 Å². The van der Waals surface area contributed by atoms with Crippen LogP contribution >= 0.6 is 0 Å². The molecule has 2 nitrogen and oxygen atoms in total. The lowest BCUT2D eigenvalue weighted by Gasteiger charge is -2.34. The fourth-order valence-electron chi connectivity index (χ4n) is 2.32. The molecular formula is C17H31NO. The number of carbonyl (C=O) groups is 1. The van der Waals surface area contributed by atoms with Crippen molar-refractivity contribution in [3.8, 4) is 0 Å². The van der Waals surface area contributed by atoms with Gasteiger partial charge in [-0.2, -0.15) is 0 Å². The molecule has 110 valence electrons. The highest BCUT2D eigenvalue weighted by Gasteiger charge is 2.25. The number of unbranched alkanes of at least 4 members (excludes halogenated alkanes) is 3. The zero-order valence-electron chi connectivity index (χ0n) is 13.1. The van der Waals surface area contributed by atoms with Crippen LogP contribution in [0.1, 0.15) is 59.3 Å². The monoisotopic (exact) mass is 265 g/mol. The second kappa shape index (κ2) is 9.82. The first-order chi connectivity index (χ1) is 9.02. The maximum Gasteiger partial charge on any atom is 0.246 e. The molecular weight excluding hydrogens is 234 g/mol. The Balaban J connectivity index is 4.48. The van der Waals surface area contributed by atoms with E-state index in [9.17, 15) is 4.79 Å². The van der Waals surface area contributed by atoms with Crippen LogP contribution in [0.15, 0.2) is 25.3 Å². The summed E-state index contributed by atoms with van der Waals surface area (Å²) in [5.41, 5.74) is 0.204. The second-order valence-corrected chi connectivity index (χ2v) is 5.69. The molecule has 0 aliphatic carbocycles. The summed E-state index contributed by atoms with van der Waals surface area (Å²) in [6, 6.07) is 0. The van der Waals surface area contributed by atoms with Crippen LogP contribution in [0.2, 0.25) is 0 Å². The van der Waals surface area contributed by atoms with E-state index in [2.05, 4.69) is 33.9 Å². The normalized spacial score (nSPS) is 13.6. The minimum atomic E-state index is 0.00753. The molecule has 0 N–H and O–H groups in total. The first kappa shape index (κ1) is 17.9. The molecule has 0 aliphatic rings. The SMILES string of the molecule is C=CCN(CC(C)(CC)CCCCCC)C(=O)C=C. The molecule has 0 saturated heterocycles. The molecule has 0 rings (SSSR count). The lowest BCUT2D eigenvalue weighted by atomic mass is 9.81. The Morgan fingerprint density at radius 2 is 1.89 bits per heavy atom. The minimum Gasteiger partial charge on any atom is -0.335 e. The Labute approximate surface area is 119 Å². The van der Waals surface area contributed by atoms with Crippen molar-refractivity contribution < 1.29 is 4.79 Å². The van der Waals surface area contributed by atoms with Gasteiger partial charge in [0.25, 0.3) is 0 Å². The van der Waals surface area contributed by atoms with Crippen molar-refractivity contribution in [1.82, 2.24) is 4.90 Å². The maximum atomic E-state index is 11.8. The molecule has 1 unspecified atom stereocenters. The van der Waals surface area contributed by atoms with Crippen molar-refractivity contribution in [2.45, 2.75) is 59.3 Å². The highest BCUT2D eigenvalue weighted by Crippen LogP contribution is 2.30. The first-order valence-electron chi connectivity index (χ1n) is 7.55. The lowest BCUT2D eigenvalue weighted by Crippen LogP contribution is -2.39. The standard InChI is InChI=1S/C17H31NO/c1-6-10-11-12-13-17(5,9-4)15-18(14-7-2)16(19)8-3/h7-8H,2-3,6,9-15H2,1,4-5H3. The summed E-state index contributed by atoms with van der Waals surface area (Å²) in [6.45, 7) is 15.4. The molecule has 0 bridgehead atoms. The summed E-state index contributed by atoms with van der Waals surface area (Å²) in [7, 11) is 0. The fourth-order valence-corrected chi connectivity index (χ4v) is 2.32. The molecule has 0 aromatic carbocycles. The molecule has 0 aromatic rings. The van der Waals surface area contributed by atoms with Gasteiger partial charge in [0.2, 0.25) is 5.91 Å². The highest BCUT2D eigenvalue weighted by molar-refractivity contribution is 5.87. The number of hydrogen-bond donors (Lipinski definition) is 0. The lowest BCUT2D eigenvalue weighted by molar-refractivity contribution is -0.127. The molecule has 2 heteroatoms. The summed E-state index contributed by atoms with van der Waals surface area (Å²) < 4.78 is 0. The van der Waals surface area contributed by atoms with Crippen LogP contribution in [0.3, 0.4) is 0 Å². The predicted octanol–water partition coefficient (Wildman–Crippen LogP) is 4.57. The zero-order chi connectivity index (χ0) is 14.7. The Kier molecular flexibility index (Phi) is 9.28. The van der Waals surface area contributed by atoms with E-state index in [1.54, 1.807) is 6.08 Å². The van der Waals surface area contributed by atoms with Crippen molar-refractivity contribution in [2.24, 2.45) is 5.41 Å². The molecule has 0 aromatic heterocycles. The molecule has 1 atom stereocenters. The smallest absolute Gasteiger partial charge is 0.246 e. The van der Waals surface area contributed by atoms with Crippen molar-refractivity contribution in [3.63, 3.8) is 0 Å². The van der Waals surface area contributed by atoms with Gasteiger partial charge < -0.3 is 4.90 Å². The van der Waals surface area contributed by atoms with E-state index in [-0.39, 0.29) is 11.3 Å². The molecule has 19 heavy (non-hydrogen) atoms. The van der Waals surface area contributed by atoms with E-state index in [1.165, 1.54) is 38.2 Å². The summed E-state index contributed by atoms with van der Waals surface area (Å²) in [5, 5.41) is 0. The van der Waals surface area contributed by atoms with Gasteiger partial charge in [-0.1, -0.05) is 59.1 Å². The van der Waals surface area contributed by atoms with Crippen LogP contribution < -0.4 is 0 Å². The van der Waals surface area contributed by atoms with Crippen molar-refractivity contribution in [3.05, 3.63) is 25.3 Å². The Hall–Kier alpha value is -1.05. The van der Waals surface area contributed by atoms with Crippen molar-refractivity contribution >= 4 is 5.91 Å². The average Bonchev–Trinajstić information content (AvgIpc) is 2.42. The maximum absolute atomic E-state index is 11.8. The van der Waals surface area contributed by atoms with Gasteiger partial charge in [-0.3, -0.25) is 4.79 Å². The predicted molar refractivity (Wildman–Crippen MR) is 84.1 cm³/mol. The third-order valence-electron chi connectivity index (χ3n) is 3.90. The third kappa shape index (κ3) is 7.19. The Morgan fingerprint density at radius 3 is 2.37 bits per heavy atom. The largest absolute Gasteiger partial charge is 0.335 e. The van der Waals surface area contributed by atoms with Crippen LogP contribution in [0, 0.1) is 5.41 Å². The van der Waals surface area contributed by atoms with Crippen LogP contribution in [0.5, 0.6) is 0 Å². The summed E-state index contributed by atoms with van der Waals surface area (Å²) in [6.07, 6.45) is 10.6. The van der Waals surface area contributed by atoms with E-state index in [0.29, 0.717) is 6.54 Å². The van der Waals surface area contributed by atoms with E-state index < -0.39 is 0 Å². The number of nitrogens with zero attached hydrogens (tertiary/aromatic N) is 1. The van der Waals surface area contributed by atoms with Crippen molar-refractivity contribution in [1.29, 1.82) is 0 Å². The third-order valence-corrected chi connectivity index (χ3v) is 3.90. The van der Waals surface area contributed by atoms with E-state index in [0.717, 1.165) is 13.0 Å². The van der Waals surface area contributed by atoms with Gasteiger partial charge in [0.15, 0.2) is 0 Å². The molecule has 0 spiro atoms. The van der Waals surface area contributed by atoms with E-state index >= 15 is 0 Å². The summed E-state index contributed by atoms with van der Waals surface area (Å²) >= 11 is 0. The second-order valence-electron chi connectivity index (χ2n) is 5.69. The van der Waals surface area contributed by atoms with Crippen LogP contribution in [0.4, 0.5) is 0 Å². The fraction of sp³-hybridized carbons (Fsp3) is 0.706. The molecule has 0 fully saturated rings. The summed E-state index contributed by atoms with van der Waals surface area (Å²) in [4.78, 5) is 13.7. The quantitative estimate of drug-likeness (QED) is 0.304. The van der Waals surface area contributed by atoms with Gasteiger partial charge in [-0.15, -0.1) is 6.58 Å². The topological polar surface area (TPSA) is 20.3 Å². The molecule has 0 aliphatic heterocycles. The average molecular weight is 265 g/mol. The van der Waals surface area contributed by atoms with E-state index in [4.69, 9.17) is 0 Å². The van der Waals surface area contributed by atoms with Gasteiger partial charge in [-0.25, -0.2) is 0 Å².